The maximum atomic E-state index is 11.2. The number of benzene rings is 2. The van der Waals surface area contributed by atoms with Crippen LogP contribution in [0.4, 0.5) is 0 Å². The minimum atomic E-state index is -0.759. The second-order valence-electron chi connectivity index (χ2n) is 4.77. The van der Waals surface area contributed by atoms with Crippen molar-refractivity contribution in [2.45, 2.75) is 18.4 Å². The third-order valence-corrected chi connectivity index (χ3v) is 3.69. The van der Waals surface area contributed by atoms with Crippen molar-refractivity contribution in [3.05, 3.63) is 48.0 Å². The van der Waals surface area contributed by atoms with Crippen molar-refractivity contribution in [2.75, 3.05) is 6.54 Å². The minimum Gasteiger partial charge on any atom is -0.480 e. The Morgan fingerprint density at radius 3 is 2.72 bits per heavy atom. The molecule has 18 heavy (non-hydrogen) atoms. The van der Waals surface area contributed by atoms with Crippen molar-refractivity contribution in [1.29, 1.82) is 0 Å². The van der Waals surface area contributed by atoms with E-state index in [1.807, 2.05) is 12.1 Å². The second-order valence-corrected chi connectivity index (χ2v) is 4.77. The van der Waals surface area contributed by atoms with Crippen LogP contribution in [0.25, 0.3) is 10.8 Å². The number of carboxylic acids is 1. The molecule has 1 fully saturated rings. The lowest BCUT2D eigenvalue weighted by atomic mass is 9.90. The molecule has 92 valence electrons. The molecule has 1 aliphatic heterocycles. The van der Waals surface area contributed by atoms with Gasteiger partial charge >= 0.3 is 5.97 Å². The van der Waals surface area contributed by atoms with Crippen LogP contribution in [0.5, 0.6) is 0 Å². The number of hydrogen-bond donors (Lipinski definition) is 2. The van der Waals surface area contributed by atoms with Crippen molar-refractivity contribution in [3.8, 4) is 0 Å². The van der Waals surface area contributed by atoms with Gasteiger partial charge in [-0.3, -0.25) is 4.79 Å². The Bertz CT molecular complexity index is 594. The van der Waals surface area contributed by atoms with Crippen molar-refractivity contribution in [2.24, 2.45) is 0 Å². The van der Waals surface area contributed by atoms with E-state index in [9.17, 15) is 9.90 Å². The molecular weight excluding hydrogens is 226 g/mol. The normalized spacial score (nSPS) is 23.3. The van der Waals surface area contributed by atoms with E-state index in [0.29, 0.717) is 0 Å². The topological polar surface area (TPSA) is 49.3 Å². The van der Waals surface area contributed by atoms with Crippen LogP contribution in [0.1, 0.15) is 17.9 Å². The maximum absolute atomic E-state index is 11.2. The highest BCUT2D eigenvalue weighted by molar-refractivity contribution is 5.83. The van der Waals surface area contributed by atoms with Crippen LogP contribution in [0, 0.1) is 0 Å². The molecule has 0 aliphatic carbocycles. The molecule has 1 saturated heterocycles. The summed E-state index contributed by atoms with van der Waals surface area (Å²) in [7, 11) is 0. The summed E-state index contributed by atoms with van der Waals surface area (Å²) in [4.78, 5) is 11.2. The Morgan fingerprint density at radius 2 is 1.94 bits per heavy atom. The highest BCUT2D eigenvalue weighted by atomic mass is 16.4. The van der Waals surface area contributed by atoms with E-state index in [4.69, 9.17) is 0 Å². The smallest absolute Gasteiger partial charge is 0.321 e. The second kappa shape index (κ2) is 4.42. The molecule has 0 amide bonds. The predicted octanol–water partition coefficient (Wildman–Crippen LogP) is 2.37. The number of carboxylic acid groups (broad SMARTS) is 1. The summed E-state index contributed by atoms with van der Waals surface area (Å²) in [6, 6.07) is 13.9. The lowest BCUT2D eigenvalue weighted by Crippen LogP contribution is -2.34. The van der Waals surface area contributed by atoms with Crippen LogP contribution in [0.15, 0.2) is 42.5 Å². The Labute approximate surface area is 105 Å². The van der Waals surface area contributed by atoms with Gasteiger partial charge in [0.1, 0.15) is 6.04 Å². The summed E-state index contributed by atoms with van der Waals surface area (Å²) in [5, 5.41) is 14.6. The number of fused-ring (bicyclic) bond motifs is 1. The number of aliphatic carboxylic acids is 1. The molecule has 1 heterocycles. The maximum Gasteiger partial charge on any atom is 0.321 e. The first kappa shape index (κ1) is 11.2. The van der Waals surface area contributed by atoms with Gasteiger partial charge in [0.25, 0.3) is 0 Å². The van der Waals surface area contributed by atoms with Gasteiger partial charge in [-0.1, -0.05) is 42.5 Å². The molecule has 1 unspecified atom stereocenters. The fourth-order valence-corrected chi connectivity index (χ4v) is 2.76. The van der Waals surface area contributed by atoms with Gasteiger partial charge in [-0.2, -0.15) is 0 Å². The van der Waals surface area contributed by atoms with E-state index in [-0.39, 0.29) is 5.92 Å². The van der Waals surface area contributed by atoms with Crippen molar-refractivity contribution in [1.82, 2.24) is 5.32 Å². The van der Waals surface area contributed by atoms with Gasteiger partial charge in [0.2, 0.25) is 0 Å². The molecule has 2 aromatic rings. The molecule has 0 saturated carbocycles. The van der Waals surface area contributed by atoms with Gasteiger partial charge in [-0.15, -0.1) is 0 Å². The molecule has 0 spiro atoms. The van der Waals surface area contributed by atoms with Crippen LogP contribution in [0.2, 0.25) is 0 Å². The lowest BCUT2D eigenvalue weighted by Gasteiger charge is -2.16. The molecule has 0 bridgehead atoms. The molecule has 0 aromatic heterocycles. The monoisotopic (exact) mass is 241 g/mol. The summed E-state index contributed by atoms with van der Waals surface area (Å²) in [5.74, 6) is -0.683. The third kappa shape index (κ3) is 1.87. The van der Waals surface area contributed by atoms with E-state index in [1.54, 1.807) is 0 Å². The van der Waals surface area contributed by atoms with Crippen molar-refractivity contribution < 1.29 is 9.90 Å². The SMILES string of the molecule is O=C(O)C1NCC[C@@H]1c1ccc2ccccc2c1. The summed E-state index contributed by atoms with van der Waals surface area (Å²) in [6.07, 6.45) is 0.884. The molecule has 1 aliphatic rings. The van der Waals surface area contributed by atoms with Crippen LogP contribution in [-0.2, 0) is 4.79 Å². The van der Waals surface area contributed by atoms with E-state index < -0.39 is 12.0 Å². The van der Waals surface area contributed by atoms with E-state index in [1.165, 1.54) is 10.8 Å². The van der Waals surface area contributed by atoms with E-state index >= 15 is 0 Å². The average Bonchev–Trinajstić information content (AvgIpc) is 2.87. The van der Waals surface area contributed by atoms with Gasteiger partial charge in [-0.25, -0.2) is 0 Å². The molecule has 3 heteroatoms. The fraction of sp³-hybridized carbons (Fsp3) is 0.267. The molecule has 3 rings (SSSR count). The highest BCUT2D eigenvalue weighted by Gasteiger charge is 2.33. The van der Waals surface area contributed by atoms with Crippen LogP contribution in [0.3, 0.4) is 0 Å². The first-order valence-electron chi connectivity index (χ1n) is 6.20. The quantitative estimate of drug-likeness (QED) is 0.848. The van der Waals surface area contributed by atoms with Crippen LogP contribution in [-0.4, -0.2) is 23.7 Å². The average molecular weight is 241 g/mol. The predicted molar refractivity (Wildman–Crippen MR) is 70.7 cm³/mol. The van der Waals surface area contributed by atoms with E-state index in [0.717, 1.165) is 18.5 Å². The molecule has 0 radical (unpaired) electrons. The molecule has 2 aromatic carbocycles. The number of hydrogen-bond acceptors (Lipinski definition) is 2. The first-order valence-corrected chi connectivity index (χ1v) is 6.20. The number of nitrogens with one attached hydrogen (secondary N) is 1. The molecule has 3 nitrogen and oxygen atoms in total. The number of rotatable bonds is 2. The molecule has 2 atom stereocenters. The largest absolute Gasteiger partial charge is 0.480 e. The Kier molecular flexibility index (Phi) is 2.76. The third-order valence-electron chi connectivity index (χ3n) is 3.69. The minimum absolute atomic E-state index is 0.0760. The zero-order valence-electron chi connectivity index (χ0n) is 9.97. The first-order chi connectivity index (χ1) is 8.75. The molecule has 2 N–H and O–H groups in total. The fourth-order valence-electron chi connectivity index (χ4n) is 2.76. The van der Waals surface area contributed by atoms with Gasteiger partial charge in [-0.05, 0) is 29.3 Å². The highest BCUT2D eigenvalue weighted by Crippen LogP contribution is 2.30. The van der Waals surface area contributed by atoms with Crippen molar-refractivity contribution in [3.63, 3.8) is 0 Å². The zero-order valence-corrected chi connectivity index (χ0v) is 9.97. The van der Waals surface area contributed by atoms with Gasteiger partial charge in [0.05, 0.1) is 0 Å². The zero-order chi connectivity index (χ0) is 12.5. The van der Waals surface area contributed by atoms with E-state index in [2.05, 4.69) is 35.6 Å². The van der Waals surface area contributed by atoms with Gasteiger partial charge in [0.15, 0.2) is 0 Å². The summed E-state index contributed by atoms with van der Waals surface area (Å²) in [6.45, 7) is 0.772. The summed E-state index contributed by atoms with van der Waals surface area (Å²) in [5.41, 5.74) is 1.12. The van der Waals surface area contributed by atoms with Crippen LogP contribution < -0.4 is 5.32 Å². The standard InChI is InChI=1S/C15H15NO2/c17-15(18)14-13(7-8-16-14)12-6-5-10-3-1-2-4-11(10)9-12/h1-6,9,13-14,16H,7-8H2,(H,17,18)/t13-,14?/m1/s1. The van der Waals surface area contributed by atoms with Gasteiger partial charge in [0, 0.05) is 5.92 Å². The lowest BCUT2D eigenvalue weighted by molar-refractivity contribution is -0.139. The number of carbonyl (C=O) groups is 1. The molecular formula is C15H15NO2. The van der Waals surface area contributed by atoms with Crippen LogP contribution >= 0.6 is 0 Å². The Hall–Kier alpha value is -1.87. The van der Waals surface area contributed by atoms with Crippen molar-refractivity contribution >= 4 is 16.7 Å². The summed E-state index contributed by atoms with van der Waals surface area (Å²) >= 11 is 0. The summed E-state index contributed by atoms with van der Waals surface area (Å²) < 4.78 is 0. The Morgan fingerprint density at radius 1 is 1.17 bits per heavy atom. The Balaban J connectivity index is 2.01. The van der Waals surface area contributed by atoms with Gasteiger partial charge < -0.3 is 10.4 Å².